The van der Waals surface area contributed by atoms with Gasteiger partial charge in [0.1, 0.15) is 0 Å². The summed E-state index contributed by atoms with van der Waals surface area (Å²) in [5.41, 5.74) is 2.34. The third-order valence-electron chi connectivity index (χ3n) is 2.69. The van der Waals surface area contributed by atoms with Crippen molar-refractivity contribution in [2.75, 3.05) is 0 Å². The summed E-state index contributed by atoms with van der Waals surface area (Å²) >= 11 is 0. The molecular weight excluding hydrogens is 200 g/mol. The summed E-state index contributed by atoms with van der Waals surface area (Å²) in [5.74, 6) is 0. The second-order valence-electron chi connectivity index (χ2n) is 3.90. The minimum absolute atomic E-state index is 0.255. The molecule has 0 aliphatic heterocycles. The predicted molar refractivity (Wildman–Crippen MR) is 62.8 cm³/mol. The fourth-order valence-corrected chi connectivity index (χ4v) is 1.72. The van der Waals surface area contributed by atoms with Crippen molar-refractivity contribution >= 4 is 0 Å². The molecular formula is C12H16N4. The highest BCUT2D eigenvalue weighted by molar-refractivity contribution is 5.15. The lowest BCUT2D eigenvalue weighted by Crippen LogP contribution is -2.22. The van der Waals surface area contributed by atoms with E-state index in [1.54, 1.807) is 6.20 Å². The molecule has 16 heavy (non-hydrogen) atoms. The lowest BCUT2D eigenvalue weighted by Gasteiger charge is -2.19. The van der Waals surface area contributed by atoms with Crippen LogP contribution < -0.4 is 5.32 Å². The molecule has 84 valence electrons. The van der Waals surface area contributed by atoms with Crippen molar-refractivity contribution in [2.45, 2.75) is 25.9 Å². The molecule has 0 aliphatic rings. The molecule has 0 spiro atoms. The zero-order valence-corrected chi connectivity index (χ0v) is 9.51. The highest BCUT2D eigenvalue weighted by Gasteiger charge is 2.11. The van der Waals surface area contributed by atoms with E-state index in [1.807, 2.05) is 30.6 Å². The summed E-state index contributed by atoms with van der Waals surface area (Å²) < 4.78 is 0. The van der Waals surface area contributed by atoms with Gasteiger partial charge in [0.2, 0.25) is 0 Å². The molecule has 1 unspecified atom stereocenters. The van der Waals surface area contributed by atoms with Crippen LogP contribution in [-0.4, -0.2) is 15.2 Å². The first kappa shape index (κ1) is 10.8. The van der Waals surface area contributed by atoms with Crippen LogP contribution in [0.15, 0.2) is 36.8 Å². The number of pyridine rings is 1. The highest BCUT2D eigenvalue weighted by Crippen LogP contribution is 2.16. The number of hydrogen-bond donors (Lipinski definition) is 2. The molecule has 0 aromatic carbocycles. The van der Waals surface area contributed by atoms with Crippen LogP contribution in [0.25, 0.3) is 0 Å². The lowest BCUT2D eigenvalue weighted by molar-refractivity contribution is 0.485. The van der Waals surface area contributed by atoms with E-state index < -0.39 is 0 Å². The third-order valence-corrected chi connectivity index (χ3v) is 2.69. The van der Waals surface area contributed by atoms with Crippen molar-refractivity contribution < 1.29 is 0 Å². The average Bonchev–Trinajstić information content (AvgIpc) is 2.83. The van der Waals surface area contributed by atoms with Gasteiger partial charge in [0.25, 0.3) is 0 Å². The zero-order valence-electron chi connectivity index (χ0n) is 9.51. The Morgan fingerprint density at radius 1 is 1.06 bits per heavy atom. The first-order valence-electron chi connectivity index (χ1n) is 5.42. The summed E-state index contributed by atoms with van der Waals surface area (Å²) in [6.45, 7) is 4.26. The molecule has 0 bridgehead atoms. The number of nitrogens with zero attached hydrogens (tertiary/aromatic N) is 2. The normalized spacial score (nSPS) is 14.6. The van der Waals surface area contributed by atoms with Crippen LogP contribution in [0.5, 0.6) is 0 Å². The molecule has 0 saturated carbocycles. The molecule has 0 amide bonds. The Bertz CT molecular complexity index is 410. The Kier molecular flexibility index (Phi) is 3.31. The first-order valence-corrected chi connectivity index (χ1v) is 5.42. The van der Waals surface area contributed by atoms with Gasteiger partial charge in [-0.3, -0.25) is 10.1 Å². The van der Waals surface area contributed by atoms with Crippen molar-refractivity contribution in [2.24, 2.45) is 0 Å². The maximum Gasteiger partial charge on any atom is 0.0518 e. The van der Waals surface area contributed by atoms with Gasteiger partial charge >= 0.3 is 0 Å². The number of hydrogen-bond acceptors (Lipinski definition) is 3. The Morgan fingerprint density at radius 3 is 2.44 bits per heavy atom. The maximum absolute atomic E-state index is 4.01. The van der Waals surface area contributed by atoms with Crippen molar-refractivity contribution in [3.05, 3.63) is 48.0 Å². The number of rotatable bonds is 4. The van der Waals surface area contributed by atoms with Crippen LogP contribution in [0.2, 0.25) is 0 Å². The van der Waals surface area contributed by atoms with E-state index in [1.165, 1.54) is 5.56 Å². The molecule has 4 nitrogen and oxygen atoms in total. The van der Waals surface area contributed by atoms with Gasteiger partial charge in [-0.05, 0) is 37.6 Å². The maximum atomic E-state index is 4.01. The van der Waals surface area contributed by atoms with Crippen LogP contribution in [0.3, 0.4) is 0 Å². The second-order valence-corrected chi connectivity index (χ2v) is 3.90. The largest absolute Gasteiger partial charge is 0.302 e. The van der Waals surface area contributed by atoms with Crippen molar-refractivity contribution in [1.82, 2.24) is 20.5 Å². The molecule has 4 heteroatoms. The topological polar surface area (TPSA) is 53.6 Å². The minimum Gasteiger partial charge on any atom is -0.302 e. The van der Waals surface area contributed by atoms with E-state index in [-0.39, 0.29) is 6.04 Å². The molecule has 0 saturated heterocycles. The molecule has 0 radical (unpaired) electrons. The van der Waals surface area contributed by atoms with E-state index in [2.05, 4.69) is 34.3 Å². The number of H-pyrrole nitrogens is 1. The smallest absolute Gasteiger partial charge is 0.0518 e. The lowest BCUT2D eigenvalue weighted by atomic mass is 10.1. The Morgan fingerprint density at radius 2 is 1.81 bits per heavy atom. The van der Waals surface area contributed by atoms with Crippen molar-refractivity contribution in [1.29, 1.82) is 0 Å². The third kappa shape index (κ3) is 2.46. The van der Waals surface area contributed by atoms with Gasteiger partial charge < -0.3 is 5.32 Å². The SMILES string of the molecule is CC(N[C@H](C)c1ccncc1)c1ccn[nH]1. The molecule has 2 aromatic rings. The molecule has 2 N–H and O–H groups in total. The van der Waals surface area contributed by atoms with Crippen molar-refractivity contribution in [3.8, 4) is 0 Å². The molecule has 2 rings (SSSR count). The fourth-order valence-electron chi connectivity index (χ4n) is 1.72. The van der Waals surface area contributed by atoms with Crippen molar-refractivity contribution in [3.63, 3.8) is 0 Å². The first-order chi connectivity index (χ1) is 7.77. The van der Waals surface area contributed by atoms with E-state index in [4.69, 9.17) is 0 Å². The van der Waals surface area contributed by atoms with Gasteiger partial charge in [0.15, 0.2) is 0 Å². The molecule has 0 aliphatic carbocycles. The standard InChI is InChI=1S/C12H16N4/c1-9(11-3-6-13-7-4-11)15-10(2)12-5-8-14-16-12/h3-10,15H,1-2H3,(H,14,16)/t9-,10?/m1/s1. The van der Waals surface area contributed by atoms with Gasteiger partial charge in [-0.25, -0.2) is 0 Å². The summed E-state index contributed by atoms with van der Waals surface area (Å²) in [6.07, 6.45) is 5.40. The number of aromatic amines is 1. The fraction of sp³-hybridized carbons (Fsp3) is 0.333. The monoisotopic (exact) mass is 216 g/mol. The van der Waals surface area contributed by atoms with E-state index in [9.17, 15) is 0 Å². The minimum atomic E-state index is 0.255. The van der Waals surface area contributed by atoms with E-state index in [0.29, 0.717) is 6.04 Å². The van der Waals surface area contributed by atoms with Crippen LogP contribution in [-0.2, 0) is 0 Å². The zero-order chi connectivity index (χ0) is 11.4. The predicted octanol–water partition coefficient (Wildman–Crippen LogP) is 2.22. The van der Waals surface area contributed by atoms with Gasteiger partial charge in [0, 0.05) is 30.7 Å². The summed E-state index contributed by atoms with van der Waals surface area (Å²) in [4.78, 5) is 4.01. The van der Waals surface area contributed by atoms with Gasteiger partial charge in [-0.15, -0.1) is 0 Å². The van der Waals surface area contributed by atoms with E-state index >= 15 is 0 Å². The highest BCUT2D eigenvalue weighted by atomic mass is 15.1. The Balaban J connectivity index is 2.00. The molecule has 2 aromatic heterocycles. The Labute approximate surface area is 95.1 Å². The van der Waals surface area contributed by atoms with Gasteiger partial charge in [-0.1, -0.05) is 0 Å². The second kappa shape index (κ2) is 4.90. The molecule has 0 fully saturated rings. The Hall–Kier alpha value is -1.68. The summed E-state index contributed by atoms with van der Waals surface area (Å²) in [5, 5.41) is 10.4. The molecule has 2 heterocycles. The quantitative estimate of drug-likeness (QED) is 0.824. The summed E-state index contributed by atoms with van der Waals surface area (Å²) in [6, 6.07) is 6.58. The van der Waals surface area contributed by atoms with Crippen LogP contribution in [0, 0.1) is 0 Å². The van der Waals surface area contributed by atoms with Crippen LogP contribution >= 0.6 is 0 Å². The van der Waals surface area contributed by atoms with Gasteiger partial charge in [0.05, 0.1) is 5.69 Å². The number of aromatic nitrogens is 3. The van der Waals surface area contributed by atoms with Gasteiger partial charge in [-0.2, -0.15) is 5.10 Å². The average molecular weight is 216 g/mol. The van der Waals surface area contributed by atoms with E-state index in [0.717, 1.165) is 5.69 Å². The van der Waals surface area contributed by atoms with Crippen LogP contribution in [0.1, 0.15) is 37.2 Å². The van der Waals surface area contributed by atoms with Crippen LogP contribution in [0.4, 0.5) is 0 Å². The number of nitrogens with one attached hydrogen (secondary N) is 2. The molecule has 2 atom stereocenters. The summed E-state index contributed by atoms with van der Waals surface area (Å²) in [7, 11) is 0.